The van der Waals surface area contributed by atoms with Crippen LogP contribution in [0.1, 0.15) is 22.8 Å². The Morgan fingerprint density at radius 1 is 1.00 bits per heavy atom. The van der Waals surface area contributed by atoms with E-state index >= 15 is 0 Å². The van der Waals surface area contributed by atoms with Crippen molar-refractivity contribution in [1.29, 1.82) is 0 Å². The highest BCUT2D eigenvalue weighted by atomic mass is 16.5. The molecule has 150 valence electrons. The van der Waals surface area contributed by atoms with E-state index in [2.05, 4.69) is 22.1 Å². The second-order valence-electron chi connectivity index (χ2n) is 7.15. The van der Waals surface area contributed by atoms with Crippen LogP contribution >= 0.6 is 0 Å². The number of aromatic nitrogens is 2. The normalized spacial score (nSPS) is 14.7. The van der Waals surface area contributed by atoms with Gasteiger partial charge in [-0.2, -0.15) is 5.10 Å². The molecule has 0 unspecified atom stereocenters. The van der Waals surface area contributed by atoms with Gasteiger partial charge in [-0.3, -0.25) is 9.69 Å². The molecule has 0 radical (unpaired) electrons. The molecule has 1 amide bonds. The summed E-state index contributed by atoms with van der Waals surface area (Å²) in [4.78, 5) is 17.1. The molecule has 1 fully saturated rings. The number of piperazine rings is 1. The Hall–Kier alpha value is -3.12. The molecule has 1 aliphatic rings. The Morgan fingerprint density at radius 2 is 1.72 bits per heavy atom. The van der Waals surface area contributed by atoms with Crippen LogP contribution in [0.15, 0.2) is 67.0 Å². The maximum atomic E-state index is 12.8. The Balaban J connectivity index is 1.31. The average molecular weight is 390 g/mol. The van der Waals surface area contributed by atoms with Crippen molar-refractivity contribution in [3.8, 4) is 11.4 Å². The second-order valence-corrected chi connectivity index (χ2v) is 7.15. The number of carbonyl (C=O) groups is 1. The van der Waals surface area contributed by atoms with Crippen molar-refractivity contribution in [1.82, 2.24) is 19.6 Å². The molecule has 0 bridgehead atoms. The minimum Gasteiger partial charge on any atom is -0.494 e. The van der Waals surface area contributed by atoms with Crippen LogP contribution in [0.3, 0.4) is 0 Å². The smallest absolute Gasteiger partial charge is 0.257 e. The third-order valence-electron chi connectivity index (χ3n) is 5.15. The maximum Gasteiger partial charge on any atom is 0.257 e. The van der Waals surface area contributed by atoms with Gasteiger partial charge in [-0.05, 0) is 36.8 Å². The van der Waals surface area contributed by atoms with Gasteiger partial charge in [0.25, 0.3) is 5.91 Å². The predicted octanol–water partition coefficient (Wildman–Crippen LogP) is 3.23. The number of para-hydroxylation sites is 1. The highest BCUT2D eigenvalue weighted by Gasteiger charge is 2.23. The predicted molar refractivity (Wildman–Crippen MR) is 112 cm³/mol. The first-order valence-corrected chi connectivity index (χ1v) is 10.1. The summed E-state index contributed by atoms with van der Waals surface area (Å²) in [5.74, 6) is 0.954. The summed E-state index contributed by atoms with van der Waals surface area (Å²) in [5.41, 5.74) is 2.85. The van der Waals surface area contributed by atoms with Crippen molar-refractivity contribution in [2.24, 2.45) is 0 Å². The second kappa shape index (κ2) is 8.92. The van der Waals surface area contributed by atoms with E-state index in [-0.39, 0.29) is 5.91 Å². The topological polar surface area (TPSA) is 50.6 Å². The molecule has 1 aromatic heterocycles. The first kappa shape index (κ1) is 19.2. The van der Waals surface area contributed by atoms with E-state index in [1.54, 1.807) is 10.9 Å². The molecule has 1 aliphatic heterocycles. The van der Waals surface area contributed by atoms with Gasteiger partial charge in [0, 0.05) is 38.9 Å². The Kier molecular flexibility index (Phi) is 5.91. The molecule has 2 heterocycles. The number of nitrogens with zero attached hydrogens (tertiary/aromatic N) is 4. The summed E-state index contributed by atoms with van der Waals surface area (Å²) in [6, 6.07) is 18.1. The van der Waals surface area contributed by atoms with Gasteiger partial charge in [0.1, 0.15) is 5.75 Å². The van der Waals surface area contributed by atoms with Crippen molar-refractivity contribution in [2.75, 3.05) is 32.8 Å². The molecule has 0 saturated carbocycles. The minimum atomic E-state index is 0.0490. The molecule has 2 aromatic carbocycles. The first-order chi connectivity index (χ1) is 14.2. The van der Waals surface area contributed by atoms with Crippen LogP contribution in [0.2, 0.25) is 0 Å². The van der Waals surface area contributed by atoms with E-state index < -0.39 is 0 Å². The lowest BCUT2D eigenvalue weighted by atomic mass is 10.2. The fraction of sp³-hybridized carbons (Fsp3) is 0.304. The SMILES string of the molecule is CCOc1ccc(CN2CCN(C(=O)c3cnn(-c4ccccc4)c3)CC2)cc1. The standard InChI is InChI=1S/C23H26N4O2/c1-2-29-22-10-8-19(9-11-22)17-25-12-14-26(15-13-25)23(28)20-16-24-27(18-20)21-6-4-3-5-7-21/h3-11,16,18H,2,12-15,17H2,1H3. The maximum absolute atomic E-state index is 12.8. The van der Waals surface area contributed by atoms with Gasteiger partial charge in [-0.25, -0.2) is 4.68 Å². The summed E-state index contributed by atoms with van der Waals surface area (Å²) < 4.78 is 7.24. The molecule has 0 aliphatic carbocycles. The largest absolute Gasteiger partial charge is 0.494 e. The number of hydrogen-bond acceptors (Lipinski definition) is 4. The molecule has 6 heteroatoms. The summed E-state index contributed by atoms with van der Waals surface area (Å²) in [7, 11) is 0. The third kappa shape index (κ3) is 4.66. The van der Waals surface area contributed by atoms with Gasteiger partial charge in [0.05, 0.1) is 24.1 Å². The highest BCUT2D eigenvalue weighted by molar-refractivity contribution is 5.93. The van der Waals surface area contributed by atoms with Crippen molar-refractivity contribution in [2.45, 2.75) is 13.5 Å². The molecular formula is C23H26N4O2. The summed E-state index contributed by atoms with van der Waals surface area (Å²) in [6.45, 7) is 6.75. The molecule has 3 aromatic rings. The Labute approximate surface area is 171 Å². The molecular weight excluding hydrogens is 364 g/mol. The van der Waals surface area contributed by atoms with Gasteiger partial charge in [0.2, 0.25) is 0 Å². The Bertz CT molecular complexity index is 929. The molecule has 0 N–H and O–H groups in total. The monoisotopic (exact) mass is 390 g/mol. The summed E-state index contributed by atoms with van der Waals surface area (Å²) in [6.07, 6.45) is 3.46. The first-order valence-electron chi connectivity index (χ1n) is 10.1. The minimum absolute atomic E-state index is 0.0490. The van der Waals surface area contributed by atoms with Crippen LogP contribution in [0.25, 0.3) is 5.69 Å². The van der Waals surface area contributed by atoms with Crippen molar-refractivity contribution in [3.05, 3.63) is 78.1 Å². The fourth-order valence-electron chi connectivity index (χ4n) is 3.56. The number of hydrogen-bond donors (Lipinski definition) is 0. The molecule has 0 spiro atoms. The van der Waals surface area contributed by atoms with Crippen molar-refractivity contribution >= 4 is 5.91 Å². The van der Waals surface area contributed by atoms with Crippen molar-refractivity contribution < 1.29 is 9.53 Å². The molecule has 6 nitrogen and oxygen atoms in total. The number of benzene rings is 2. The molecule has 29 heavy (non-hydrogen) atoms. The lowest BCUT2D eigenvalue weighted by Gasteiger charge is -2.34. The zero-order valence-corrected chi connectivity index (χ0v) is 16.7. The van der Waals surface area contributed by atoms with Gasteiger partial charge >= 0.3 is 0 Å². The van der Waals surface area contributed by atoms with E-state index in [1.807, 2.05) is 60.5 Å². The van der Waals surface area contributed by atoms with Crippen LogP contribution in [0.5, 0.6) is 5.75 Å². The Morgan fingerprint density at radius 3 is 2.41 bits per heavy atom. The molecule has 1 saturated heterocycles. The summed E-state index contributed by atoms with van der Waals surface area (Å²) >= 11 is 0. The van der Waals surface area contributed by atoms with E-state index in [4.69, 9.17) is 4.74 Å². The van der Waals surface area contributed by atoms with Crippen LogP contribution < -0.4 is 4.74 Å². The number of rotatable bonds is 6. The van der Waals surface area contributed by atoms with Crippen LogP contribution in [0.4, 0.5) is 0 Å². The van der Waals surface area contributed by atoms with E-state index in [1.165, 1.54) is 5.56 Å². The quantitative estimate of drug-likeness (QED) is 0.648. The lowest BCUT2D eigenvalue weighted by molar-refractivity contribution is 0.0628. The lowest BCUT2D eigenvalue weighted by Crippen LogP contribution is -2.48. The average Bonchev–Trinajstić information content (AvgIpc) is 3.26. The van der Waals surface area contributed by atoms with Crippen LogP contribution in [-0.2, 0) is 6.54 Å². The molecule has 0 atom stereocenters. The van der Waals surface area contributed by atoms with Gasteiger partial charge in [-0.1, -0.05) is 30.3 Å². The number of carbonyl (C=O) groups excluding carboxylic acids is 1. The van der Waals surface area contributed by atoms with Crippen LogP contribution in [-0.4, -0.2) is 58.3 Å². The molecule has 4 rings (SSSR count). The number of amides is 1. The zero-order valence-electron chi connectivity index (χ0n) is 16.7. The van der Waals surface area contributed by atoms with E-state index in [9.17, 15) is 4.79 Å². The third-order valence-corrected chi connectivity index (χ3v) is 5.15. The van der Waals surface area contributed by atoms with Gasteiger partial charge in [-0.15, -0.1) is 0 Å². The van der Waals surface area contributed by atoms with Crippen LogP contribution in [0, 0.1) is 0 Å². The van der Waals surface area contributed by atoms with Crippen molar-refractivity contribution in [3.63, 3.8) is 0 Å². The van der Waals surface area contributed by atoms with Gasteiger partial charge < -0.3 is 9.64 Å². The van der Waals surface area contributed by atoms with Gasteiger partial charge in [0.15, 0.2) is 0 Å². The van der Waals surface area contributed by atoms with E-state index in [0.717, 1.165) is 44.2 Å². The highest BCUT2D eigenvalue weighted by Crippen LogP contribution is 2.16. The fourth-order valence-corrected chi connectivity index (χ4v) is 3.56. The summed E-state index contributed by atoms with van der Waals surface area (Å²) in [5, 5.41) is 4.34. The zero-order chi connectivity index (χ0) is 20.1. The van der Waals surface area contributed by atoms with E-state index in [0.29, 0.717) is 12.2 Å². The number of ether oxygens (including phenoxy) is 1.